The number of H-pyrrole nitrogens is 1. The van der Waals surface area contributed by atoms with Crippen LogP contribution in [0.1, 0.15) is 5.69 Å². The van der Waals surface area contributed by atoms with Crippen molar-refractivity contribution in [3.8, 4) is 0 Å². The number of nitrogens with one attached hydrogen (secondary N) is 1. The minimum atomic E-state index is -0.867. The van der Waals surface area contributed by atoms with Crippen molar-refractivity contribution in [1.29, 1.82) is 0 Å². The van der Waals surface area contributed by atoms with E-state index in [4.69, 9.17) is 11.5 Å². The fourth-order valence-corrected chi connectivity index (χ4v) is 0.767. The molecule has 0 aliphatic heterocycles. The molecule has 5 heteroatoms. The Morgan fingerprint density at radius 3 is 2.83 bits per heavy atom. The van der Waals surface area contributed by atoms with E-state index in [0.717, 1.165) is 0 Å². The molecule has 0 unspecified atom stereocenters. The molecular weight excluding hydrogens is 156 g/mol. The summed E-state index contributed by atoms with van der Waals surface area (Å²) in [6.07, 6.45) is 3.08. The van der Waals surface area contributed by atoms with Crippen molar-refractivity contribution < 1.29 is 4.79 Å². The molecule has 0 fully saturated rings. The van der Waals surface area contributed by atoms with Crippen LogP contribution in [0.15, 0.2) is 19.1 Å². The van der Waals surface area contributed by atoms with E-state index in [0.29, 0.717) is 11.3 Å². The number of rotatable bonds is 3. The Balaban J connectivity index is 2.79. The predicted octanol–water partition coefficient (Wildman–Crippen LogP) is -0.764. The number of imidazole rings is 1. The summed E-state index contributed by atoms with van der Waals surface area (Å²) in [5.41, 5.74) is 11.4. The molecule has 0 bridgehead atoms. The lowest BCUT2D eigenvalue weighted by molar-refractivity contribution is -0.118. The molecule has 1 aromatic heterocycles. The van der Waals surface area contributed by atoms with Gasteiger partial charge in [0.15, 0.2) is 0 Å². The number of hydrogen-bond acceptors (Lipinski definition) is 3. The van der Waals surface area contributed by atoms with Gasteiger partial charge in [-0.05, 0) is 5.57 Å². The van der Waals surface area contributed by atoms with Crippen molar-refractivity contribution in [2.75, 3.05) is 0 Å². The summed E-state index contributed by atoms with van der Waals surface area (Å²) in [7, 11) is 0. The maximum absolute atomic E-state index is 10.6. The molecule has 0 spiro atoms. The van der Waals surface area contributed by atoms with E-state index in [9.17, 15) is 4.79 Å². The van der Waals surface area contributed by atoms with Gasteiger partial charge < -0.3 is 16.5 Å². The quantitative estimate of drug-likeness (QED) is 0.550. The zero-order valence-corrected chi connectivity index (χ0v) is 6.45. The van der Waals surface area contributed by atoms with Crippen LogP contribution in [-0.4, -0.2) is 21.9 Å². The van der Waals surface area contributed by atoms with Gasteiger partial charge in [0, 0.05) is 6.20 Å². The van der Waals surface area contributed by atoms with Gasteiger partial charge in [0.1, 0.15) is 6.04 Å². The lowest BCUT2D eigenvalue weighted by atomic mass is 10.1. The second-order valence-corrected chi connectivity index (χ2v) is 2.36. The van der Waals surface area contributed by atoms with Crippen LogP contribution in [0.5, 0.6) is 0 Å². The number of carbonyl (C=O) groups excluding carboxylic acids is 1. The standard InChI is InChI=1S/C7H10N4O/c1-4(6(8)7(9)12)5-2-10-3-11-5/h2-3,6H,1,8H2,(H2,9,12)(H,10,11)/t6-/m0/s1. The minimum absolute atomic E-state index is 0.420. The van der Waals surface area contributed by atoms with Gasteiger partial charge in [0.25, 0.3) is 0 Å². The number of hydrogen-bond donors (Lipinski definition) is 3. The Morgan fingerprint density at radius 1 is 1.75 bits per heavy atom. The van der Waals surface area contributed by atoms with Crippen LogP contribution in [0.3, 0.4) is 0 Å². The van der Waals surface area contributed by atoms with Gasteiger partial charge in [-0.25, -0.2) is 4.98 Å². The van der Waals surface area contributed by atoms with E-state index in [1.807, 2.05) is 0 Å². The summed E-state index contributed by atoms with van der Waals surface area (Å²) in [5, 5.41) is 0. The third kappa shape index (κ3) is 1.51. The number of nitrogens with two attached hydrogens (primary N) is 2. The molecule has 1 atom stereocenters. The van der Waals surface area contributed by atoms with Gasteiger partial charge in [0.05, 0.1) is 12.0 Å². The Hall–Kier alpha value is -1.62. The molecule has 0 aliphatic rings. The highest BCUT2D eigenvalue weighted by atomic mass is 16.1. The van der Waals surface area contributed by atoms with Crippen LogP contribution in [0.25, 0.3) is 5.57 Å². The Morgan fingerprint density at radius 2 is 2.42 bits per heavy atom. The lowest BCUT2D eigenvalue weighted by Crippen LogP contribution is -2.37. The Bertz CT molecular complexity index is 290. The molecule has 0 aliphatic carbocycles. The molecule has 5 nitrogen and oxygen atoms in total. The van der Waals surface area contributed by atoms with E-state index >= 15 is 0 Å². The summed E-state index contributed by atoms with van der Waals surface area (Å²) in [6.45, 7) is 3.61. The predicted molar refractivity (Wildman–Crippen MR) is 44.8 cm³/mol. The van der Waals surface area contributed by atoms with E-state index in [2.05, 4.69) is 16.5 Å². The van der Waals surface area contributed by atoms with Crippen LogP contribution in [-0.2, 0) is 4.79 Å². The first-order valence-electron chi connectivity index (χ1n) is 3.35. The summed E-state index contributed by atoms with van der Waals surface area (Å²) >= 11 is 0. The molecule has 0 radical (unpaired) electrons. The highest BCUT2D eigenvalue weighted by Crippen LogP contribution is 2.10. The number of primary amides is 1. The maximum atomic E-state index is 10.6. The van der Waals surface area contributed by atoms with Crippen molar-refractivity contribution in [2.45, 2.75) is 6.04 Å². The number of aromatic nitrogens is 2. The lowest BCUT2D eigenvalue weighted by Gasteiger charge is -2.07. The average molecular weight is 166 g/mol. The number of amides is 1. The fraction of sp³-hybridized carbons (Fsp3) is 0.143. The van der Waals surface area contributed by atoms with Gasteiger partial charge >= 0.3 is 0 Å². The molecule has 1 amide bonds. The normalized spacial score (nSPS) is 12.4. The third-order valence-corrected chi connectivity index (χ3v) is 1.51. The first kappa shape index (κ1) is 8.48. The van der Waals surface area contributed by atoms with E-state index in [1.165, 1.54) is 6.33 Å². The van der Waals surface area contributed by atoms with Gasteiger partial charge in [-0.2, -0.15) is 0 Å². The zero-order chi connectivity index (χ0) is 9.14. The molecular formula is C7H10N4O. The zero-order valence-electron chi connectivity index (χ0n) is 6.45. The first-order valence-corrected chi connectivity index (χ1v) is 3.35. The molecule has 1 heterocycles. The van der Waals surface area contributed by atoms with Crippen LogP contribution >= 0.6 is 0 Å². The van der Waals surface area contributed by atoms with Gasteiger partial charge in [-0.1, -0.05) is 6.58 Å². The Kier molecular flexibility index (Phi) is 2.25. The first-order chi connectivity index (χ1) is 5.63. The summed E-state index contributed by atoms with van der Waals surface area (Å²) in [5.74, 6) is -0.608. The highest BCUT2D eigenvalue weighted by Gasteiger charge is 2.15. The number of nitrogens with zero attached hydrogens (tertiary/aromatic N) is 1. The second kappa shape index (κ2) is 3.19. The van der Waals surface area contributed by atoms with Crippen molar-refractivity contribution in [3.05, 3.63) is 24.8 Å². The van der Waals surface area contributed by atoms with E-state index in [-0.39, 0.29) is 0 Å². The molecule has 0 saturated carbocycles. The maximum Gasteiger partial charge on any atom is 0.238 e. The van der Waals surface area contributed by atoms with Crippen molar-refractivity contribution >= 4 is 11.5 Å². The molecule has 12 heavy (non-hydrogen) atoms. The molecule has 64 valence electrons. The van der Waals surface area contributed by atoms with E-state index in [1.54, 1.807) is 6.20 Å². The molecule has 1 rings (SSSR count). The molecule has 0 saturated heterocycles. The van der Waals surface area contributed by atoms with E-state index < -0.39 is 11.9 Å². The van der Waals surface area contributed by atoms with Crippen molar-refractivity contribution in [3.63, 3.8) is 0 Å². The minimum Gasteiger partial charge on any atom is -0.368 e. The molecule has 0 aromatic carbocycles. The second-order valence-electron chi connectivity index (χ2n) is 2.36. The van der Waals surface area contributed by atoms with Crippen molar-refractivity contribution in [2.24, 2.45) is 11.5 Å². The van der Waals surface area contributed by atoms with Crippen LogP contribution in [0, 0.1) is 0 Å². The van der Waals surface area contributed by atoms with Crippen LogP contribution in [0.4, 0.5) is 0 Å². The SMILES string of the molecule is C=C(c1c[nH]cn1)[C@H](N)C(N)=O. The summed E-state index contributed by atoms with van der Waals surface area (Å²) in [6, 6.07) is -0.867. The fourth-order valence-electron chi connectivity index (χ4n) is 0.767. The largest absolute Gasteiger partial charge is 0.368 e. The molecule has 5 N–H and O–H groups in total. The van der Waals surface area contributed by atoms with Gasteiger partial charge in [0.2, 0.25) is 5.91 Å². The topological polar surface area (TPSA) is 97.8 Å². The number of aromatic amines is 1. The third-order valence-electron chi connectivity index (χ3n) is 1.51. The Labute approximate surface area is 69.5 Å². The van der Waals surface area contributed by atoms with Crippen LogP contribution in [0.2, 0.25) is 0 Å². The molecule has 1 aromatic rings. The van der Waals surface area contributed by atoms with Gasteiger partial charge in [-0.15, -0.1) is 0 Å². The smallest absolute Gasteiger partial charge is 0.238 e. The van der Waals surface area contributed by atoms with Crippen molar-refractivity contribution in [1.82, 2.24) is 9.97 Å². The highest BCUT2D eigenvalue weighted by molar-refractivity contribution is 5.93. The summed E-state index contributed by atoms with van der Waals surface area (Å²) < 4.78 is 0. The summed E-state index contributed by atoms with van der Waals surface area (Å²) in [4.78, 5) is 17.2. The monoisotopic (exact) mass is 166 g/mol. The van der Waals surface area contributed by atoms with Crippen LogP contribution < -0.4 is 11.5 Å². The number of carbonyl (C=O) groups is 1. The van der Waals surface area contributed by atoms with Gasteiger partial charge in [-0.3, -0.25) is 4.79 Å². The average Bonchev–Trinajstić information content (AvgIpc) is 2.53.